The highest BCUT2D eigenvalue weighted by Crippen LogP contribution is 2.27. The standard InChI is InChI=1S/C25H27ClN2O3S/c1-17-12-19(3)25(20(4)13-17)32(30,31)28(15-21-8-6-5-7-9-21)16-24(29)27-22-11-10-18(2)23(26)14-22/h5-14H,15-16H2,1-4H3,(H,27,29). The van der Waals surface area contributed by atoms with Crippen LogP contribution in [0.1, 0.15) is 27.8 Å². The van der Waals surface area contributed by atoms with Gasteiger partial charge in [-0.15, -0.1) is 0 Å². The van der Waals surface area contributed by atoms with Crippen molar-refractivity contribution in [3.05, 3.63) is 93.5 Å². The third kappa shape index (κ3) is 5.57. The molecule has 1 amide bonds. The maximum absolute atomic E-state index is 13.7. The van der Waals surface area contributed by atoms with Crippen molar-refractivity contribution in [3.63, 3.8) is 0 Å². The summed E-state index contributed by atoms with van der Waals surface area (Å²) in [7, 11) is -3.93. The van der Waals surface area contributed by atoms with Crippen LogP contribution in [0.2, 0.25) is 5.02 Å². The Bertz CT molecular complexity index is 1220. The highest BCUT2D eigenvalue weighted by Gasteiger charge is 2.30. The SMILES string of the molecule is Cc1cc(C)c(S(=O)(=O)N(CC(=O)Nc2ccc(C)c(Cl)c2)Cc2ccccc2)c(C)c1. The summed E-state index contributed by atoms with van der Waals surface area (Å²) in [5, 5.41) is 3.29. The van der Waals surface area contributed by atoms with Gasteiger partial charge in [-0.05, 0) is 62.1 Å². The Kier molecular flexibility index (Phi) is 7.39. The van der Waals surface area contributed by atoms with Crippen LogP contribution in [0.3, 0.4) is 0 Å². The van der Waals surface area contributed by atoms with Gasteiger partial charge in [0.25, 0.3) is 0 Å². The summed E-state index contributed by atoms with van der Waals surface area (Å²) in [6, 6.07) is 18.1. The number of nitrogens with one attached hydrogen (secondary N) is 1. The number of hydrogen-bond acceptors (Lipinski definition) is 3. The van der Waals surface area contributed by atoms with Gasteiger partial charge in [-0.2, -0.15) is 4.31 Å². The van der Waals surface area contributed by atoms with Crippen molar-refractivity contribution < 1.29 is 13.2 Å². The normalized spacial score (nSPS) is 11.6. The van der Waals surface area contributed by atoms with Crippen LogP contribution in [0.25, 0.3) is 0 Å². The summed E-state index contributed by atoms with van der Waals surface area (Å²) >= 11 is 6.15. The average molecular weight is 471 g/mol. The Morgan fingerprint density at radius 3 is 2.12 bits per heavy atom. The quantitative estimate of drug-likeness (QED) is 0.502. The number of rotatable bonds is 7. The molecule has 5 nitrogen and oxygen atoms in total. The number of nitrogens with zero attached hydrogens (tertiary/aromatic N) is 1. The lowest BCUT2D eigenvalue weighted by atomic mass is 10.1. The zero-order valence-corrected chi connectivity index (χ0v) is 20.2. The lowest BCUT2D eigenvalue weighted by Gasteiger charge is -2.24. The highest BCUT2D eigenvalue weighted by molar-refractivity contribution is 7.89. The van der Waals surface area contributed by atoms with E-state index in [0.29, 0.717) is 21.8 Å². The smallest absolute Gasteiger partial charge is 0.244 e. The predicted molar refractivity (Wildman–Crippen MR) is 130 cm³/mol. The van der Waals surface area contributed by atoms with Crippen LogP contribution in [-0.4, -0.2) is 25.2 Å². The first-order chi connectivity index (χ1) is 15.1. The average Bonchev–Trinajstić information content (AvgIpc) is 2.70. The molecule has 0 radical (unpaired) electrons. The van der Waals surface area contributed by atoms with Crippen molar-refractivity contribution in [2.75, 3.05) is 11.9 Å². The molecule has 0 aliphatic heterocycles. The highest BCUT2D eigenvalue weighted by atomic mass is 35.5. The molecule has 168 valence electrons. The van der Waals surface area contributed by atoms with Crippen LogP contribution in [0.4, 0.5) is 5.69 Å². The molecule has 0 heterocycles. The molecule has 0 saturated carbocycles. The van der Waals surface area contributed by atoms with Crippen molar-refractivity contribution in [3.8, 4) is 0 Å². The lowest BCUT2D eigenvalue weighted by Crippen LogP contribution is -2.38. The molecule has 1 N–H and O–H groups in total. The molecule has 3 aromatic rings. The fourth-order valence-electron chi connectivity index (χ4n) is 3.75. The van der Waals surface area contributed by atoms with E-state index in [2.05, 4.69) is 5.32 Å². The second-order valence-corrected chi connectivity index (χ2v) is 10.3. The second kappa shape index (κ2) is 9.86. The Hall–Kier alpha value is -2.67. The molecule has 0 aliphatic carbocycles. The van der Waals surface area contributed by atoms with Crippen molar-refractivity contribution in [2.24, 2.45) is 0 Å². The summed E-state index contributed by atoms with van der Waals surface area (Å²) in [6.45, 7) is 7.12. The van der Waals surface area contributed by atoms with Crippen molar-refractivity contribution in [1.82, 2.24) is 4.31 Å². The maximum atomic E-state index is 13.7. The minimum Gasteiger partial charge on any atom is -0.325 e. The Balaban J connectivity index is 1.94. The van der Waals surface area contributed by atoms with Crippen molar-refractivity contribution in [1.29, 1.82) is 0 Å². The zero-order chi connectivity index (χ0) is 23.5. The van der Waals surface area contributed by atoms with E-state index in [-0.39, 0.29) is 18.0 Å². The van der Waals surface area contributed by atoms with Gasteiger partial charge in [-0.3, -0.25) is 4.79 Å². The summed E-state index contributed by atoms with van der Waals surface area (Å²) in [5.41, 5.74) is 4.51. The second-order valence-electron chi connectivity index (χ2n) is 8.00. The van der Waals surface area contributed by atoms with Gasteiger partial charge in [0.2, 0.25) is 15.9 Å². The molecule has 0 spiro atoms. The third-order valence-electron chi connectivity index (χ3n) is 5.18. The van der Waals surface area contributed by atoms with Crippen LogP contribution in [0.15, 0.2) is 65.6 Å². The summed E-state index contributed by atoms with van der Waals surface area (Å²) in [5.74, 6) is -0.438. The molecule has 0 saturated heterocycles. The Morgan fingerprint density at radius 2 is 1.53 bits per heavy atom. The number of aryl methyl sites for hydroxylation is 4. The van der Waals surface area contributed by atoms with Crippen molar-refractivity contribution >= 4 is 33.2 Å². The van der Waals surface area contributed by atoms with Crippen LogP contribution in [0.5, 0.6) is 0 Å². The molecule has 0 aliphatic rings. The van der Waals surface area contributed by atoms with Gasteiger partial charge in [0.05, 0.1) is 11.4 Å². The van der Waals surface area contributed by atoms with Crippen LogP contribution in [0, 0.1) is 27.7 Å². The zero-order valence-electron chi connectivity index (χ0n) is 18.6. The van der Waals surface area contributed by atoms with E-state index >= 15 is 0 Å². The first-order valence-corrected chi connectivity index (χ1v) is 12.1. The number of anilines is 1. The van der Waals surface area contributed by atoms with E-state index in [1.165, 1.54) is 4.31 Å². The van der Waals surface area contributed by atoms with E-state index in [0.717, 1.165) is 16.7 Å². The fourth-order valence-corrected chi connectivity index (χ4v) is 5.72. The topological polar surface area (TPSA) is 66.5 Å². The van der Waals surface area contributed by atoms with Gasteiger partial charge < -0.3 is 5.32 Å². The van der Waals surface area contributed by atoms with E-state index in [1.54, 1.807) is 32.0 Å². The van der Waals surface area contributed by atoms with Gasteiger partial charge in [0.1, 0.15) is 0 Å². The summed E-state index contributed by atoms with van der Waals surface area (Å²) in [4.78, 5) is 13.1. The van der Waals surface area contributed by atoms with Crippen LogP contribution < -0.4 is 5.32 Å². The molecular formula is C25H27ClN2O3S. The number of halogens is 1. The molecule has 0 bridgehead atoms. The molecular weight excluding hydrogens is 444 g/mol. The maximum Gasteiger partial charge on any atom is 0.244 e. The van der Waals surface area contributed by atoms with Gasteiger partial charge in [-0.25, -0.2) is 8.42 Å². The molecule has 7 heteroatoms. The molecule has 0 fully saturated rings. The first-order valence-electron chi connectivity index (χ1n) is 10.3. The number of sulfonamides is 1. The summed E-state index contributed by atoms with van der Waals surface area (Å²) < 4.78 is 28.6. The van der Waals surface area contributed by atoms with Crippen LogP contribution >= 0.6 is 11.6 Å². The van der Waals surface area contributed by atoms with E-state index in [1.807, 2.05) is 56.3 Å². The minimum absolute atomic E-state index is 0.0814. The van der Waals surface area contributed by atoms with E-state index < -0.39 is 15.9 Å². The van der Waals surface area contributed by atoms with Gasteiger partial charge in [-0.1, -0.05) is 65.7 Å². The number of benzene rings is 3. The van der Waals surface area contributed by atoms with E-state index in [9.17, 15) is 13.2 Å². The largest absolute Gasteiger partial charge is 0.325 e. The third-order valence-corrected chi connectivity index (χ3v) is 7.68. The number of carbonyl (C=O) groups is 1. The lowest BCUT2D eigenvalue weighted by molar-refractivity contribution is -0.116. The molecule has 0 unspecified atom stereocenters. The molecule has 3 aromatic carbocycles. The minimum atomic E-state index is -3.93. The molecule has 0 atom stereocenters. The Morgan fingerprint density at radius 1 is 0.906 bits per heavy atom. The molecule has 3 rings (SSSR count). The monoisotopic (exact) mass is 470 g/mol. The van der Waals surface area contributed by atoms with Gasteiger partial charge in [0, 0.05) is 17.3 Å². The van der Waals surface area contributed by atoms with Gasteiger partial charge >= 0.3 is 0 Å². The van der Waals surface area contributed by atoms with Crippen LogP contribution in [-0.2, 0) is 21.4 Å². The van der Waals surface area contributed by atoms with Gasteiger partial charge in [0.15, 0.2) is 0 Å². The molecule has 32 heavy (non-hydrogen) atoms. The van der Waals surface area contributed by atoms with E-state index in [4.69, 9.17) is 11.6 Å². The van der Waals surface area contributed by atoms with Crippen molar-refractivity contribution in [2.45, 2.75) is 39.1 Å². The Labute approximate surface area is 195 Å². The predicted octanol–water partition coefficient (Wildman–Crippen LogP) is 5.40. The fraction of sp³-hybridized carbons (Fsp3) is 0.240. The molecule has 0 aromatic heterocycles. The number of amides is 1. The first kappa shape index (κ1) is 24.0. The number of carbonyl (C=O) groups excluding carboxylic acids is 1. The number of hydrogen-bond donors (Lipinski definition) is 1. The summed E-state index contributed by atoms with van der Waals surface area (Å²) in [6.07, 6.45) is 0.